The van der Waals surface area contributed by atoms with Crippen molar-refractivity contribution in [3.63, 3.8) is 0 Å². The zero-order chi connectivity index (χ0) is 21.3. The summed E-state index contributed by atoms with van der Waals surface area (Å²) in [6, 6.07) is 8.05. The Balaban J connectivity index is 1.43. The number of thioether (sulfide) groups is 1. The number of methoxy groups -OCH3 is 1. The van der Waals surface area contributed by atoms with Gasteiger partial charge in [0.1, 0.15) is 5.75 Å². The lowest BCUT2D eigenvalue weighted by Gasteiger charge is -2.29. The Bertz CT molecular complexity index is 899. The van der Waals surface area contributed by atoms with E-state index in [1.165, 1.54) is 37.4 Å². The number of amides is 1. The fourth-order valence-corrected chi connectivity index (χ4v) is 6.18. The Morgan fingerprint density at radius 2 is 2.07 bits per heavy atom. The van der Waals surface area contributed by atoms with Crippen LogP contribution < -0.4 is 10.1 Å². The smallest absolute Gasteiger partial charge is 0.233 e. The molecule has 2 saturated carbocycles. The molecule has 4 rings (SSSR count). The van der Waals surface area contributed by atoms with Crippen LogP contribution in [0.15, 0.2) is 29.4 Å². The summed E-state index contributed by atoms with van der Waals surface area (Å²) >= 11 is 1.47. The third-order valence-corrected chi connectivity index (χ3v) is 7.92. The summed E-state index contributed by atoms with van der Waals surface area (Å²) < 4.78 is 7.54. The quantitative estimate of drug-likeness (QED) is 0.631. The Morgan fingerprint density at radius 1 is 1.27 bits per heavy atom. The third kappa shape index (κ3) is 4.09. The standard InChI is InChI=1S/C23H32N4O2S/c1-5-27-21(18-8-6-7-9-20(18)29-4)25-26-23(27)30-15(3)22(28)24-14(2)19-13-16-10-11-17(19)12-16/h6-9,14-17,19H,5,10-13H2,1-4H3,(H,24,28)/t14-,15+,16-,17-,19+/m1/s1. The molecule has 2 aromatic rings. The van der Waals surface area contributed by atoms with Crippen LogP contribution >= 0.6 is 11.8 Å². The lowest BCUT2D eigenvalue weighted by Crippen LogP contribution is -2.43. The molecule has 1 heterocycles. The van der Waals surface area contributed by atoms with Crippen LogP contribution in [0.3, 0.4) is 0 Å². The van der Waals surface area contributed by atoms with Crippen LogP contribution in [0.4, 0.5) is 0 Å². The highest BCUT2D eigenvalue weighted by Gasteiger charge is 2.42. The summed E-state index contributed by atoms with van der Waals surface area (Å²) in [4.78, 5) is 12.9. The zero-order valence-electron chi connectivity index (χ0n) is 18.3. The Kier molecular flexibility index (Phi) is 6.37. The number of aromatic nitrogens is 3. The summed E-state index contributed by atoms with van der Waals surface area (Å²) in [6.45, 7) is 6.91. The van der Waals surface area contributed by atoms with Crippen molar-refractivity contribution in [1.82, 2.24) is 20.1 Å². The Labute approximate surface area is 183 Å². The van der Waals surface area contributed by atoms with Crippen molar-refractivity contribution in [2.75, 3.05) is 7.11 Å². The first kappa shape index (κ1) is 21.2. The van der Waals surface area contributed by atoms with Crippen LogP contribution in [0.5, 0.6) is 5.75 Å². The average Bonchev–Trinajstić information content (AvgIpc) is 3.49. The SMILES string of the molecule is CCn1c(S[C@@H](C)C(=O)N[C@H](C)[C@@H]2C[C@@H]3CC[C@@H]2C3)nnc1-c1ccccc1OC. The highest BCUT2D eigenvalue weighted by atomic mass is 32.2. The number of hydrogen-bond donors (Lipinski definition) is 1. The van der Waals surface area contributed by atoms with Gasteiger partial charge in [-0.3, -0.25) is 4.79 Å². The molecule has 2 aliphatic rings. The van der Waals surface area contributed by atoms with Crippen molar-refractivity contribution in [3.8, 4) is 17.1 Å². The average molecular weight is 429 g/mol. The summed E-state index contributed by atoms with van der Waals surface area (Å²) in [6.07, 6.45) is 5.36. The molecule has 7 heteroatoms. The molecule has 0 saturated heterocycles. The maximum atomic E-state index is 12.9. The first-order chi connectivity index (χ1) is 14.5. The van der Waals surface area contributed by atoms with Gasteiger partial charge in [0.25, 0.3) is 0 Å². The molecule has 0 aliphatic heterocycles. The number of nitrogens with zero attached hydrogens (tertiary/aromatic N) is 3. The largest absolute Gasteiger partial charge is 0.496 e. The van der Waals surface area contributed by atoms with Crippen LogP contribution in [-0.4, -0.2) is 39.1 Å². The van der Waals surface area contributed by atoms with Crippen molar-refractivity contribution >= 4 is 17.7 Å². The zero-order valence-corrected chi connectivity index (χ0v) is 19.1. The molecule has 30 heavy (non-hydrogen) atoms. The normalized spacial score (nSPS) is 24.6. The summed E-state index contributed by atoms with van der Waals surface area (Å²) in [7, 11) is 1.66. The number of nitrogens with one attached hydrogen (secondary N) is 1. The molecular weight excluding hydrogens is 396 g/mol. The highest BCUT2D eigenvalue weighted by Crippen LogP contribution is 2.49. The van der Waals surface area contributed by atoms with Gasteiger partial charge in [0.05, 0.1) is 17.9 Å². The maximum Gasteiger partial charge on any atom is 0.233 e. The second-order valence-corrected chi connectivity index (χ2v) is 9.95. The molecule has 1 N–H and O–H groups in total. The van der Waals surface area contributed by atoms with Crippen LogP contribution in [0.2, 0.25) is 0 Å². The van der Waals surface area contributed by atoms with Crippen molar-refractivity contribution in [1.29, 1.82) is 0 Å². The fraction of sp³-hybridized carbons (Fsp3) is 0.609. The van der Waals surface area contributed by atoms with Gasteiger partial charge in [-0.05, 0) is 69.9 Å². The minimum Gasteiger partial charge on any atom is -0.496 e. The van der Waals surface area contributed by atoms with Gasteiger partial charge in [0, 0.05) is 12.6 Å². The van der Waals surface area contributed by atoms with E-state index >= 15 is 0 Å². The fourth-order valence-electron chi connectivity index (χ4n) is 5.26. The van der Waals surface area contributed by atoms with E-state index in [-0.39, 0.29) is 17.2 Å². The molecule has 5 atom stereocenters. The van der Waals surface area contributed by atoms with E-state index in [0.717, 1.165) is 40.7 Å². The van der Waals surface area contributed by atoms with Crippen LogP contribution in [-0.2, 0) is 11.3 Å². The van der Waals surface area contributed by atoms with Gasteiger partial charge in [-0.15, -0.1) is 10.2 Å². The van der Waals surface area contributed by atoms with E-state index in [0.29, 0.717) is 5.92 Å². The van der Waals surface area contributed by atoms with Gasteiger partial charge in [0.2, 0.25) is 5.91 Å². The van der Waals surface area contributed by atoms with Gasteiger partial charge in [-0.25, -0.2) is 0 Å². The molecule has 6 nitrogen and oxygen atoms in total. The molecule has 162 valence electrons. The van der Waals surface area contributed by atoms with Crippen LogP contribution in [0.1, 0.15) is 46.5 Å². The Hall–Kier alpha value is -2.02. The second-order valence-electron chi connectivity index (χ2n) is 8.65. The van der Waals surface area contributed by atoms with E-state index in [1.807, 2.05) is 35.8 Å². The number of ether oxygens (including phenoxy) is 1. The van der Waals surface area contributed by atoms with E-state index in [4.69, 9.17) is 4.74 Å². The van der Waals surface area contributed by atoms with E-state index < -0.39 is 0 Å². The maximum absolute atomic E-state index is 12.9. The van der Waals surface area contributed by atoms with E-state index in [1.54, 1.807) is 7.11 Å². The van der Waals surface area contributed by atoms with Crippen LogP contribution in [0.25, 0.3) is 11.4 Å². The summed E-state index contributed by atoms with van der Waals surface area (Å²) in [5, 5.41) is 12.6. The molecule has 1 aromatic carbocycles. The van der Waals surface area contributed by atoms with Gasteiger partial charge >= 0.3 is 0 Å². The van der Waals surface area contributed by atoms with Gasteiger partial charge in [-0.1, -0.05) is 30.3 Å². The minimum absolute atomic E-state index is 0.0831. The molecular formula is C23H32N4O2S. The highest BCUT2D eigenvalue weighted by molar-refractivity contribution is 8.00. The van der Waals surface area contributed by atoms with Gasteiger partial charge in [0.15, 0.2) is 11.0 Å². The summed E-state index contributed by atoms with van der Waals surface area (Å²) in [5.74, 6) is 3.95. The number of carbonyl (C=O) groups excluding carboxylic acids is 1. The molecule has 2 fully saturated rings. The number of para-hydroxylation sites is 1. The first-order valence-corrected chi connectivity index (χ1v) is 11.9. The molecule has 2 aliphatic carbocycles. The van der Waals surface area contributed by atoms with Crippen molar-refractivity contribution < 1.29 is 9.53 Å². The molecule has 0 spiro atoms. The van der Waals surface area contributed by atoms with Gasteiger partial charge in [-0.2, -0.15) is 0 Å². The number of rotatable bonds is 8. The Morgan fingerprint density at radius 3 is 2.73 bits per heavy atom. The summed E-state index contributed by atoms with van der Waals surface area (Å²) in [5.41, 5.74) is 0.906. The third-order valence-electron chi connectivity index (χ3n) is 6.84. The molecule has 0 radical (unpaired) electrons. The van der Waals surface area contributed by atoms with Crippen molar-refractivity contribution in [2.24, 2.45) is 17.8 Å². The number of carbonyl (C=O) groups is 1. The number of benzene rings is 1. The monoisotopic (exact) mass is 428 g/mol. The molecule has 2 bridgehead atoms. The van der Waals surface area contributed by atoms with E-state index in [2.05, 4.69) is 29.4 Å². The lowest BCUT2D eigenvalue weighted by molar-refractivity contribution is -0.121. The van der Waals surface area contributed by atoms with Crippen molar-refractivity contribution in [2.45, 2.75) is 69.4 Å². The first-order valence-electron chi connectivity index (χ1n) is 11.0. The molecule has 0 unspecified atom stereocenters. The number of hydrogen-bond acceptors (Lipinski definition) is 5. The minimum atomic E-state index is -0.231. The van der Waals surface area contributed by atoms with Crippen LogP contribution in [0, 0.1) is 17.8 Å². The predicted molar refractivity (Wildman–Crippen MR) is 120 cm³/mol. The van der Waals surface area contributed by atoms with Gasteiger partial charge < -0.3 is 14.6 Å². The topological polar surface area (TPSA) is 69.0 Å². The molecule has 1 aromatic heterocycles. The molecule has 1 amide bonds. The van der Waals surface area contributed by atoms with E-state index in [9.17, 15) is 4.79 Å². The number of fused-ring (bicyclic) bond motifs is 2. The predicted octanol–water partition coefficient (Wildman–Crippen LogP) is 4.40. The van der Waals surface area contributed by atoms with Crippen molar-refractivity contribution in [3.05, 3.63) is 24.3 Å². The second kappa shape index (κ2) is 9.00. The lowest BCUT2D eigenvalue weighted by atomic mass is 9.84.